The number of aromatic nitrogens is 2. The van der Waals surface area contributed by atoms with Gasteiger partial charge in [-0.15, -0.1) is 5.10 Å². The van der Waals surface area contributed by atoms with E-state index in [-0.39, 0.29) is 11.5 Å². The predicted molar refractivity (Wildman–Crippen MR) is 128 cm³/mol. The van der Waals surface area contributed by atoms with Gasteiger partial charge in [0.2, 0.25) is 0 Å². The van der Waals surface area contributed by atoms with Gasteiger partial charge in [0.1, 0.15) is 5.82 Å². The third-order valence-corrected chi connectivity index (χ3v) is 6.24. The van der Waals surface area contributed by atoms with E-state index in [2.05, 4.69) is 16.9 Å². The van der Waals surface area contributed by atoms with E-state index in [4.69, 9.17) is 0 Å². The van der Waals surface area contributed by atoms with Crippen molar-refractivity contribution in [2.24, 2.45) is 0 Å². The van der Waals surface area contributed by atoms with Gasteiger partial charge in [-0.3, -0.25) is 9.59 Å². The minimum absolute atomic E-state index is 0.0718. The Balaban J connectivity index is 1.51. The highest BCUT2D eigenvalue weighted by Crippen LogP contribution is 2.17. The summed E-state index contributed by atoms with van der Waals surface area (Å²) < 4.78 is 1.46. The molecule has 2 aromatic carbocycles. The monoisotopic (exact) mass is 430 g/mol. The van der Waals surface area contributed by atoms with Gasteiger partial charge in [-0.05, 0) is 73.7 Å². The number of carbonyl (C=O) groups excluding carboxylic acids is 1. The van der Waals surface area contributed by atoms with Crippen LogP contribution in [-0.4, -0.2) is 46.8 Å². The highest BCUT2D eigenvalue weighted by molar-refractivity contribution is 5.94. The topological polar surface area (TPSA) is 58.4 Å². The van der Waals surface area contributed by atoms with Gasteiger partial charge in [0, 0.05) is 37.8 Å². The lowest BCUT2D eigenvalue weighted by Crippen LogP contribution is -2.36. The summed E-state index contributed by atoms with van der Waals surface area (Å²) in [5, 5.41) is 4.65. The molecule has 32 heavy (non-hydrogen) atoms. The molecule has 1 amide bonds. The number of hydrogen-bond donors (Lipinski definition) is 0. The third kappa shape index (κ3) is 4.59. The van der Waals surface area contributed by atoms with Crippen LogP contribution >= 0.6 is 0 Å². The minimum Gasteiger partial charge on any atom is -0.353 e. The second-order valence-electron chi connectivity index (χ2n) is 8.39. The van der Waals surface area contributed by atoms with Crippen LogP contribution in [0.3, 0.4) is 0 Å². The molecule has 0 unspecified atom stereocenters. The first kappa shape index (κ1) is 21.8. The van der Waals surface area contributed by atoms with Crippen LogP contribution in [0.1, 0.15) is 40.4 Å². The summed E-state index contributed by atoms with van der Waals surface area (Å²) in [6.07, 6.45) is 1.81. The van der Waals surface area contributed by atoms with E-state index >= 15 is 0 Å². The van der Waals surface area contributed by atoms with Gasteiger partial charge >= 0.3 is 0 Å². The van der Waals surface area contributed by atoms with Crippen molar-refractivity contribution in [3.05, 3.63) is 87.2 Å². The normalized spacial score (nSPS) is 14.3. The molecule has 0 N–H and O–H groups in total. The Bertz CT molecular complexity index is 1170. The molecule has 1 aliphatic heterocycles. The number of benzene rings is 2. The number of carbonyl (C=O) groups is 1. The number of nitrogens with zero attached hydrogens (tertiary/aromatic N) is 4. The van der Waals surface area contributed by atoms with Crippen molar-refractivity contribution in [1.82, 2.24) is 14.7 Å². The second kappa shape index (κ2) is 9.39. The molecule has 4 rings (SSSR count). The van der Waals surface area contributed by atoms with Crippen molar-refractivity contribution in [3.8, 4) is 5.69 Å². The van der Waals surface area contributed by atoms with Crippen LogP contribution in [0.25, 0.3) is 5.69 Å². The van der Waals surface area contributed by atoms with E-state index in [0.29, 0.717) is 19.6 Å². The fourth-order valence-electron chi connectivity index (χ4n) is 4.03. The molecule has 0 aliphatic carbocycles. The van der Waals surface area contributed by atoms with Crippen molar-refractivity contribution in [2.75, 3.05) is 31.1 Å². The Morgan fingerprint density at radius 3 is 2.41 bits per heavy atom. The molecule has 1 aliphatic rings. The summed E-state index contributed by atoms with van der Waals surface area (Å²) in [7, 11) is 0. The second-order valence-corrected chi connectivity index (χ2v) is 8.39. The van der Waals surface area contributed by atoms with Crippen molar-refractivity contribution in [3.63, 3.8) is 0 Å². The van der Waals surface area contributed by atoms with E-state index in [1.807, 2.05) is 61.2 Å². The number of amides is 1. The van der Waals surface area contributed by atoms with E-state index in [1.54, 1.807) is 12.1 Å². The highest BCUT2D eigenvalue weighted by atomic mass is 16.2. The van der Waals surface area contributed by atoms with E-state index in [0.717, 1.165) is 42.0 Å². The molecule has 0 spiro atoms. The van der Waals surface area contributed by atoms with Crippen LogP contribution in [0, 0.1) is 13.8 Å². The van der Waals surface area contributed by atoms with Gasteiger partial charge in [-0.25, -0.2) is 0 Å². The summed E-state index contributed by atoms with van der Waals surface area (Å²) in [4.78, 5) is 29.6. The molecule has 0 atom stereocenters. The maximum absolute atomic E-state index is 13.0. The third-order valence-electron chi connectivity index (χ3n) is 6.24. The fraction of sp³-hybridized carbons (Fsp3) is 0.346. The molecule has 0 bridgehead atoms. The van der Waals surface area contributed by atoms with Gasteiger partial charge < -0.3 is 9.80 Å². The molecule has 2 heterocycles. The molecule has 0 saturated carbocycles. The number of anilines is 1. The van der Waals surface area contributed by atoms with Gasteiger partial charge in [0.15, 0.2) is 0 Å². The predicted octanol–water partition coefficient (Wildman–Crippen LogP) is 3.76. The highest BCUT2D eigenvalue weighted by Gasteiger charge is 2.21. The largest absolute Gasteiger partial charge is 0.353 e. The van der Waals surface area contributed by atoms with Crippen LogP contribution in [0.15, 0.2) is 59.4 Å². The maximum atomic E-state index is 13.0. The molecule has 166 valence electrons. The Morgan fingerprint density at radius 2 is 1.69 bits per heavy atom. The van der Waals surface area contributed by atoms with Gasteiger partial charge in [0.05, 0.1) is 5.69 Å². The lowest BCUT2D eigenvalue weighted by atomic mass is 10.1. The van der Waals surface area contributed by atoms with Crippen LogP contribution in [-0.2, 0) is 6.42 Å². The molecule has 1 saturated heterocycles. The van der Waals surface area contributed by atoms with Gasteiger partial charge in [0.25, 0.3) is 11.5 Å². The first-order valence-electron chi connectivity index (χ1n) is 11.3. The lowest BCUT2D eigenvalue weighted by Gasteiger charge is -2.23. The van der Waals surface area contributed by atoms with E-state index in [9.17, 15) is 9.59 Å². The van der Waals surface area contributed by atoms with Gasteiger partial charge in [-0.2, -0.15) is 4.68 Å². The number of hydrogen-bond acceptors (Lipinski definition) is 4. The summed E-state index contributed by atoms with van der Waals surface area (Å²) in [6.45, 7) is 8.99. The number of aryl methyl sites for hydroxylation is 3. The number of rotatable bonds is 4. The first-order valence-corrected chi connectivity index (χ1v) is 11.3. The SMILES string of the molecule is CCc1ccc(C(=O)N2CCCN(c3ccc(=O)n(-c4ccc(C)c(C)c4)n3)CC2)cc1. The Labute approximate surface area is 189 Å². The van der Waals surface area contributed by atoms with Crippen molar-refractivity contribution in [1.29, 1.82) is 0 Å². The quantitative estimate of drug-likeness (QED) is 0.632. The molecule has 1 fully saturated rings. The zero-order chi connectivity index (χ0) is 22.7. The zero-order valence-corrected chi connectivity index (χ0v) is 19.0. The van der Waals surface area contributed by atoms with Crippen LogP contribution in [0.4, 0.5) is 5.82 Å². The maximum Gasteiger partial charge on any atom is 0.271 e. The summed E-state index contributed by atoms with van der Waals surface area (Å²) in [6, 6.07) is 17.2. The Kier molecular flexibility index (Phi) is 6.40. The fourth-order valence-corrected chi connectivity index (χ4v) is 4.03. The van der Waals surface area contributed by atoms with Crippen LogP contribution < -0.4 is 10.5 Å². The van der Waals surface area contributed by atoms with Crippen LogP contribution in [0.2, 0.25) is 0 Å². The zero-order valence-electron chi connectivity index (χ0n) is 19.0. The summed E-state index contributed by atoms with van der Waals surface area (Å²) in [5.74, 6) is 0.826. The Morgan fingerprint density at radius 1 is 0.906 bits per heavy atom. The average molecular weight is 431 g/mol. The van der Waals surface area contributed by atoms with Crippen molar-refractivity contribution in [2.45, 2.75) is 33.6 Å². The Hall–Kier alpha value is -3.41. The minimum atomic E-state index is -0.154. The van der Waals surface area contributed by atoms with Crippen LogP contribution in [0.5, 0.6) is 0 Å². The van der Waals surface area contributed by atoms with E-state index in [1.165, 1.54) is 15.8 Å². The smallest absolute Gasteiger partial charge is 0.271 e. The van der Waals surface area contributed by atoms with E-state index < -0.39 is 0 Å². The molecule has 6 heteroatoms. The molecule has 1 aromatic heterocycles. The molecule has 0 radical (unpaired) electrons. The first-order chi connectivity index (χ1) is 15.5. The summed E-state index contributed by atoms with van der Waals surface area (Å²) >= 11 is 0. The lowest BCUT2D eigenvalue weighted by molar-refractivity contribution is 0.0767. The van der Waals surface area contributed by atoms with Crippen molar-refractivity contribution < 1.29 is 4.79 Å². The standard InChI is InChI=1S/C26H30N4O2/c1-4-21-7-9-22(10-8-21)26(32)29-15-5-14-28(16-17-29)24-12-13-25(31)30(27-24)23-11-6-19(2)20(3)18-23/h6-13,18H,4-5,14-17H2,1-3H3. The summed E-state index contributed by atoms with van der Waals surface area (Å²) in [5.41, 5.74) is 4.88. The molecular weight excluding hydrogens is 400 g/mol. The molecule has 3 aromatic rings. The molecule has 6 nitrogen and oxygen atoms in total. The molecular formula is C26H30N4O2. The average Bonchev–Trinajstić information content (AvgIpc) is 3.07. The van der Waals surface area contributed by atoms with Crippen molar-refractivity contribution >= 4 is 11.7 Å². The van der Waals surface area contributed by atoms with Gasteiger partial charge in [-0.1, -0.05) is 25.1 Å².